The van der Waals surface area contributed by atoms with Crippen molar-refractivity contribution in [3.8, 4) is 0 Å². The van der Waals surface area contributed by atoms with Crippen molar-refractivity contribution in [2.24, 2.45) is 0 Å². The number of aromatic nitrogens is 1. The molecular formula is C45H54N6O11. The van der Waals surface area contributed by atoms with Crippen LogP contribution in [0.1, 0.15) is 50.2 Å². The summed E-state index contributed by atoms with van der Waals surface area (Å²) in [5, 5.41) is 15.3. The second-order valence-electron chi connectivity index (χ2n) is 14.6. The van der Waals surface area contributed by atoms with E-state index >= 15 is 0 Å². The number of para-hydroxylation sites is 1. The van der Waals surface area contributed by atoms with Gasteiger partial charge in [-0.15, -0.1) is 0 Å². The summed E-state index contributed by atoms with van der Waals surface area (Å²) in [6, 6.07) is 20.1. The summed E-state index contributed by atoms with van der Waals surface area (Å²) < 4.78 is 28.4. The molecule has 3 heterocycles. The van der Waals surface area contributed by atoms with Crippen molar-refractivity contribution >= 4 is 52.2 Å². The van der Waals surface area contributed by atoms with E-state index in [-0.39, 0.29) is 24.0 Å². The highest BCUT2D eigenvalue weighted by Crippen LogP contribution is 2.32. The van der Waals surface area contributed by atoms with Crippen LogP contribution in [0.2, 0.25) is 0 Å². The van der Waals surface area contributed by atoms with Gasteiger partial charge in [0.2, 0.25) is 11.8 Å². The third-order valence-electron chi connectivity index (χ3n) is 10.4. The van der Waals surface area contributed by atoms with Crippen LogP contribution in [0, 0.1) is 0 Å². The Balaban J connectivity index is 0.783. The van der Waals surface area contributed by atoms with Crippen LogP contribution in [0.5, 0.6) is 0 Å². The van der Waals surface area contributed by atoms with Gasteiger partial charge in [0.25, 0.3) is 17.7 Å². The van der Waals surface area contributed by atoms with Crippen LogP contribution >= 0.6 is 0 Å². The predicted molar refractivity (Wildman–Crippen MR) is 228 cm³/mol. The molecule has 1 aromatic heterocycles. The number of piperidine rings is 1. The van der Waals surface area contributed by atoms with Gasteiger partial charge in [-0.25, -0.2) is 5.48 Å². The zero-order valence-electron chi connectivity index (χ0n) is 34.6. The number of benzene rings is 3. The molecule has 5 amide bonds. The lowest BCUT2D eigenvalue weighted by atomic mass is 10.0. The molecule has 1 atom stereocenters. The minimum Gasteiger partial charge on any atom is -0.382 e. The number of ether oxygens (including phenoxy) is 5. The molecule has 1 unspecified atom stereocenters. The molecule has 3 aromatic carbocycles. The van der Waals surface area contributed by atoms with Crippen molar-refractivity contribution in [2.45, 2.75) is 31.8 Å². The number of hydrogen-bond donors (Lipinski definition) is 5. The highest BCUT2D eigenvalue weighted by Gasteiger charge is 2.45. The van der Waals surface area contributed by atoms with E-state index in [0.717, 1.165) is 47.6 Å². The first kappa shape index (κ1) is 45.7. The number of hydroxylamine groups is 1. The number of carbonyl (C=O) groups excluding carboxylic acids is 5. The summed E-state index contributed by atoms with van der Waals surface area (Å²) in [5.74, 6) is -2.77. The first-order valence-electron chi connectivity index (χ1n) is 20.8. The largest absolute Gasteiger partial charge is 0.382 e. The normalized spacial score (nSPS) is 15.3. The van der Waals surface area contributed by atoms with Crippen molar-refractivity contribution in [2.75, 3.05) is 91.0 Å². The van der Waals surface area contributed by atoms with Gasteiger partial charge < -0.3 is 34.0 Å². The SMILES string of the molecule is O=C(/C=C/c1ccc(CN(CCOCCOCCOCCOCCOCCNc2cccc3c2C(=O)N(C2CCC(=O)NC2=O)C3=O)CCc2c[nH]c3ccccc23)cc1)NO. The van der Waals surface area contributed by atoms with Gasteiger partial charge in [-0.3, -0.25) is 44.3 Å². The van der Waals surface area contributed by atoms with Crippen molar-refractivity contribution in [3.63, 3.8) is 0 Å². The van der Waals surface area contributed by atoms with Crippen LogP contribution in [0.4, 0.5) is 5.69 Å². The topological polar surface area (TPSA) is 210 Å². The summed E-state index contributed by atoms with van der Waals surface area (Å²) in [6.07, 6.45) is 6.03. The summed E-state index contributed by atoms with van der Waals surface area (Å²) in [7, 11) is 0. The smallest absolute Gasteiger partial charge is 0.267 e. The van der Waals surface area contributed by atoms with E-state index in [1.165, 1.54) is 17.0 Å². The van der Waals surface area contributed by atoms with E-state index in [2.05, 4.69) is 44.9 Å². The zero-order valence-corrected chi connectivity index (χ0v) is 34.6. The molecule has 0 bridgehead atoms. The third kappa shape index (κ3) is 13.1. The number of fused-ring (bicyclic) bond motifs is 2. The van der Waals surface area contributed by atoms with Gasteiger partial charge in [0.15, 0.2) is 0 Å². The Kier molecular flexibility index (Phi) is 17.7. The number of aromatic amines is 1. The van der Waals surface area contributed by atoms with Gasteiger partial charge in [0, 0.05) is 61.5 Å². The number of imide groups is 2. The summed E-state index contributed by atoms with van der Waals surface area (Å²) >= 11 is 0. The van der Waals surface area contributed by atoms with Crippen molar-refractivity contribution < 1.29 is 52.9 Å². The highest BCUT2D eigenvalue weighted by molar-refractivity contribution is 6.25. The minimum atomic E-state index is -1.02. The summed E-state index contributed by atoms with van der Waals surface area (Å²) in [4.78, 5) is 68.1. The maximum absolute atomic E-state index is 13.2. The van der Waals surface area contributed by atoms with E-state index in [9.17, 15) is 24.0 Å². The van der Waals surface area contributed by atoms with Crippen LogP contribution in [-0.4, -0.2) is 141 Å². The van der Waals surface area contributed by atoms with E-state index < -0.39 is 35.6 Å². The fourth-order valence-electron chi connectivity index (χ4n) is 7.18. The lowest BCUT2D eigenvalue weighted by Crippen LogP contribution is -2.54. The molecule has 4 aromatic rings. The van der Waals surface area contributed by atoms with Gasteiger partial charge in [0.1, 0.15) is 6.04 Å². The Morgan fingerprint density at radius 2 is 1.47 bits per heavy atom. The average Bonchev–Trinajstić information content (AvgIpc) is 3.81. The van der Waals surface area contributed by atoms with Crippen molar-refractivity contribution in [1.29, 1.82) is 0 Å². The van der Waals surface area contributed by atoms with E-state index in [4.69, 9.17) is 28.9 Å². The molecule has 1 fully saturated rings. The Morgan fingerprint density at radius 1 is 0.790 bits per heavy atom. The number of nitrogens with one attached hydrogen (secondary N) is 4. The first-order valence-corrected chi connectivity index (χ1v) is 20.8. The van der Waals surface area contributed by atoms with Crippen molar-refractivity contribution in [3.05, 3.63) is 107 Å². The van der Waals surface area contributed by atoms with Crippen LogP contribution in [-0.2, 0) is 51.0 Å². The number of anilines is 1. The van der Waals surface area contributed by atoms with Gasteiger partial charge >= 0.3 is 0 Å². The predicted octanol–water partition coefficient (Wildman–Crippen LogP) is 3.33. The molecule has 0 aliphatic carbocycles. The van der Waals surface area contributed by atoms with E-state index in [1.807, 2.05) is 30.3 Å². The summed E-state index contributed by atoms with van der Waals surface area (Å²) in [5.41, 5.74) is 6.87. The standard InChI is InChI=1S/C45H54N6O11/c52-40-15-13-39(43(54)48-40)51-44(55)36-5-3-7-38(42(36)45(51)56)46-17-20-58-22-24-60-26-28-62-29-27-61-25-23-59-21-19-50(18-16-34-30-47-37-6-2-1-4-35(34)37)31-33-10-8-32(9-11-33)12-14-41(53)49-57/h1-12,14,30,39,46-47,57H,13,15-29,31H2,(H,49,53)(H,48,52,54)/b14-12+. The minimum absolute atomic E-state index is 0.0601. The molecular weight excluding hydrogens is 801 g/mol. The molecule has 2 aliphatic heterocycles. The lowest BCUT2D eigenvalue weighted by Gasteiger charge is -2.27. The molecule has 0 radical (unpaired) electrons. The lowest BCUT2D eigenvalue weighted by molar-refractivity contribution is -0.136. The van der Waals surface area contributed by atoms with Gasteiger partial charge in [0.05, 0.1) is 77.2 Å². The quantitative estimate of drug-likeness (QED) is 0.0192. The summed E-state index contributed by atoms with van der Waals surface area (Å²) in [6.45, 7) is 6.91. The fraction of sp³-hybridized carbons (Fsp3) is 0.400. The van der Waals surface area contributed by atoms with Crippen LogP contribution in [0.15, 0.2) is 79.0 Å². The monoisotopic (exact) mass is 854 g/mol. The molecule has 1 saturated heterocycles. The Bertz CT molecular complexity index is 2160. The number of rotatable bonds is 27. The van der Waals surface area contributed by atoms with Gasteiger partial charge in [-0.2, -0.15) is 0 Å². The molecule has 6 rings (SSSR count). The molecule has 330 valence electrons. The molecule has 5 N–H and O–H groups in total. The Labute approximate surface area is 359 Å². The second-order valence-corrected chi connectivity index (χ2v) is 14.6. The Hall–Kier alpha value is -5.79. The maximum Gasteiger partial charge on any atom is 0.267 e. The third-order valence-corrected chi connectivity index (χ3v) is 10.4. The maximum atomic E-state index is 13.2. The number of hydrogen-bond acceptors (Lipinski definition) is 13. The number of carbonyl (C=O) groups is 5. The number of nitrogens with zero attached hydrogens (tertiary/aromatic N) is 2. The van der Waals surface area contributed by atoms with Gasteiger partial charge in [-0.1, -0.05) is 48.5 Å². The van der Waals surface area contributed by atoms with Crippen molar-refractivity contribution in [1.82, 2.24) is 25.6 Å². The average molecular weight is 855 g/mol. The van der Waals surface area contributed by atoms with Crippen LogP contribution in [0.25, 0.3) is 17.0 Å². The second kappa shape index (κ2) is 24.0. The fourth-order valence-corrected chi connectivity index (χ4v) is 7.18. The first-order chi connectivity index (χ1) is 30.3. The highest BCUT2D eigenvalue weighted by atomic mass is 16.6. The Morgan fingerprint density at radius 3 is 2.16 bits per heavy atom. The number of amides is 5. The molecule has 17 heteroatoms. The zero-order chi connectivity index (χ0) is 43.5. The van der Waals surface area contributed by atoms with E-state index in [0.29, 0.717) is 78.3 Å². The van der Waals surface area contributed by atoms with E-state index in [1.54, 1.807) is 29.8 Å². The molecule has 0 spiro atoms. The van der Waals surface area contributed by atoms with Crippen LogP contribution in [0.3, 0.4) is 0 Å². The van der Waals surface area contributed by atoms with Crippen LogP contribution < -0.4 is 16.1 Å². The molecule has 17 nitrogen and oxygen atoms in total. The molecule has 0 saturated carbocycles. The molecule has 62 heavy (non-hydrogen) atoms. The molecule has 2 aliphatic rings. The number of H-pyrrole nitrogens is 1. The van der Waals surface area contributed by atoms with Gasteiger partial charge in [-0.05, 0) is 53.8 Å².